The molecule has 0 aromatic carbocycles. The zero-order chi connectivity index (χ0) is 18.5. The SMILES string of the molecule is O=C(CN1CCOCC1)N1CCCC(c2nccn2Cc2cccnc2)C1. The molecule has 0 N–H and O–H groups in total. The summed E-state index contributed by atoms with van der Waals surface area (Å²) in [5.74, 6) is 1.59. The lowest BCUT2D eigenvalue weighted by molar-refractivity contribution is -0.134. The van der Waals surface area contributed by atoms with Crippen LogP contribution in [0.15, 0.2) is 36.9 Å². The number of carbonyl (C=O) groups excluding carboxylic acids is 1. The Labute approximate surface area is 160 Å². The normalized spacial score (nSPS) is 21.3. The predicted octanol–water partition coefficient (Wildman–Crippen LogP) is 1.36. The molecule has 2 aromatic heterocycles. The molecule has 0 radical (unpaired) electrons. The number of amides is 1. The van der Waals surface area contributed by atoms with E-state index in [0.29, 0.717) is 12.5 Å². The van der Waals surface area contributed by atoms with Crippen molar-refractivity contribution in [1.29, 1.82) is 0 Å². The third kappa shape index (κ3) is 4.54. The molecule has 0 saturated carbocycles. The average molecular weight is 369 g/mol. The molecular formula is C20H27N5O2. The van der Waals surface area contributed by atoms with Crippen LogP contribution in [-0.2, 0) is 16.1 Å². The monoisotopic (exact) mass is 369 g/mol. The first-order valence-corrected chi connectivity index (χ1v) is 9.77. The molecule has 0 bridgehead atoms. The first kappa shape index (κ1) is 18.1. The molecule has 4 heterocycles. The van der Waals surface area contributed by atoms with Gasteiger partial charge in [-0.1, -0.05) is 6.07 Å². The molecule has 2 fully saturated rings. The van der Waals surface area contributed by atoms with Crippen LogP contribution in [0.25, 0.3) is 0 Å². The second kappa shape index (κ2) is 8.63. The van der Waals surface area contributed by atoms with Gasteiger partial charge >= 0.3 is 0 Å². The topological polar surface area (TPSA) is 63.5 Å². The second-order valence-electron chi connectivity index (χ2n) is 7.34. The van der Waals surface area contributed by atoms with E-state index in [2.05, 4.69) is 25.5 Å². The number of carbonyl (C=O) groups is 1. The molecule has 27 heavy (non-hydrogen) atoms. The number of likely N-dealkylation sites (tertiary alicyclic amines) is 1. The van der Waals surface area contributed by atoms with E-state index in [1.54, 1.807) is 6.20 Å². The summed E-state index contributed by atoms with van der Waals surface area (Å²) in [5.41, 5.74) is 1.16. The highest BCUT2D eigenvalue weighted by Crippen LogP contribution is 2.26. The third-order valence-electron chi connectivity index (χ3n) is 5.43. The summed E-state index contributed by atoms with van der Waals surface area (Å²) in [6.45, 7) is 6.01. The number of rotatable bonds is 5. The smallest absolute Gasteiger partial charge is 0.236 e. The Hall–Kier alpha value is -2.25. The van der Waals surface area contributed by atoms with Gasteiger partial charge < -0.3 is 14.2 Å². The number of morpholine rings is 1. The maximum atomic E-state index is 12.8. The molecule has 1 unspecified atom stereocenters. The first-order valence-electron chi connectivity index (χ1n) is 9.77. The highest BCUT2D eigenvalue weighted by atomic mass is 16.5. The van der Waals surface area contributed by atoms with Crippen molar-refractivity contribution in [3.8, 4) is 0 Å². The van der Waals surface area contributed by atoms with Crippen LogP contribution in [0.2, 0.25) is 0 Å². The lowest BCUT2D eigenvalue weighted by atomic mass is 9.97. The van der Waals surface area contributed by atoms with Gasteiger partial charge in [0.2, 0.25) is 5.91 Å². The Balaban J connectivity index is 1.39. The number of hydrogen-bond donors (Lipinski definition) is 0. The highest BCUT2D eigenvalue weighted by Gasteiger charge is 2.28. The van der Waals surface area contributed by atoms with Gasteiger partial charge in [-0.3, -0.25) is 14.7 Å². The van der Waals surface area contributed by atoms with Crippen molar-refractivity contribution in [2.45, 2.75) is 25.3 Å². The fourth-order valence-electron chi connectivity index (χ4n) is 3.97. The van der Waals surface area contributed by atoms with Gasteiger partial charge in [-0.25, -0.2) is 4.98 Å². The zero-order valence-corrected chi connectivity index (χ0v) is 15.7. The quantitative estimate of drug-likeness (QED) is 0.796. The third-order valence-corrected chi connectivity index (χ3v) is 5.43. The number of ether oxygens (including phenoxy) is 1. The summed E-state index contributed by atoms with van der Waals surface area (Å²) >= 11 is 0. The fourth-order valence-corrected chi connectivity index (χ4v) is 3.97. The van der Waals surface area contributed by atoms with Gasteiger partial charge in [-0.15, -0.1) is 0 Å². The van der Waals surface area contributed by atoms with Crippen LogP contribution in [0.3, 0.4) is 0 Å². The van der Waals surface area contributed by atoms with E-state index in [9.17, 15) is 4.79 Å². The van der Waals surface area contributed by atoms with Crippen molar-refractivity contribution in [3.63, 3.8) is 0 Å². The van der Waals surface area contributed by atoms with E-state index in [1.165, 1.54) is 0 Å². The summed E-state index contributed by atoms with van der Waals surface area (Å²) in [6, 6.07) is 4.04. The van der Waals surface area contributed by atoms with Crippen LogP contribution in [0.1, 0.15) is 30.1 Å². The molecule has 2 aliphatic rings. The van der Waals surface area contributed by atoms with Gasteiger partial charge in [-0.2, -0.15) is 0 Å². The summed E-state index contributed by atoms with van der Waals surface area (Å²) in [6.07, 6.45) is 9.67. The second-order valence-corrected chi connectivity index (χ2v) is 7.34. The molecule has 2 aliphatic heterocycles. The predicted molar refractivity (Wildman–Crippen MR) is 101 cm³/mol. The van der Waals surface area contributed by atoms with Crippen molar-refractivity contribution < 1.29 is 9.53 Å². The van der Waals surface area contributed by atoms with Gasteiger partial charge in [0.25, 0.3) is 0 Å². The minimum atomic E-state index is 0.229. The van der Waals surface area contributed by atoms with Crippen LogP contribution in [0.4, 0.5) is 0 Å². The van der Waals surface area contributed by atoms with E-state index in [1.807, 2.05) is 29.6 Å². The van der Waals surface area contributed by atoms with Gasteiger partial charge in [0.1, 0.15) is 5.82 Å². The van der Waals surface area contributed by atoms with Crippen LogP contribution in [0, 0.1) is 0 Å². The summed E-state index contributed by atoms with van der Waals surface area (Å²) in [4.78, 5) is 25.8. The Bertz CT molecular complexity index is 742. The number of imidazole rings is 1. The van der Waals surface area contributed by atoms with Gasteiger partial charge in [0.15, 0.2) is 0 Å². The maximum absolute atomic E-state index is 12.8. The van der Waals surface area contributed by atoms with E-state index < -0.39 is 0 Å². The van der Waals surface area contributed by atoms with Gasteiger partial charge in [-0.05, 0) is 24.5 Å². The van der Waals surface area contributed by atoms with Crippen molar-refractivity contribution in [3.05, 3.63) is 48.3 Å². The number of piperidine rings is 1. The molecular weight excluding hydrogens is 342 g/mol. The molecule has 1 amide bonds. The summed E-state index contributed by atoms with van der Waals surface area (Å²) in [5, 5.41) is 0. The molecule has 2 aromatic rings. The van der Waals surface area contributed by atoms with E-state index in [4.69, 9.17) is 4.74 Å². The maximum Gasteiger partial charge on any atom is 0.236 e. The van der Waals surface area contributed by atoms with E-state index >= 15 is 0 Å². The Morgan fingerprint density at radius 1 is 1.22 bits per heavy atom. The number of nitrogens with zero attached hydrogens (tertiary/aromatic N) is 5. The minimum absolute atomic E-state index is 0.229. The number of aromatic nitrogens is 3. The van der Waals surface area contributed by atoms with Crippen LogP contribution >= 0.6 is 0 Å². The van der Waals surface area contributed by atoms with Gasteiger partial charge in [0, 0.05) is 56.9 Å². The Morgan fingerprint density at radius 3 is 2.93 bits per heavy atom. The minimum Gasteiger partial charge on any atom is -0.379 e. The zero-order valence-electron chi connectivity index (χ0n) is 15.7. The largest absolute Gasteiger partial charge is 0.379 e. The van der Waals surface area contributed by atoms with Crippen LogP contribution < -0.4 is 0 Å². The average Bonchev–Trinajstić information content (AvgIpc) is 3.18. The summed E-state index contributed by atoms with van der Waals surface area (Å²) in [7, 11) is 0. The molecule has 1 atom stereocenters. The van der Waals surface area contributed by atoms with Gasteiger partial charge in [0.05, 0.1) is 26.3 Å². The molecule has 7 nitrogen and oxygen atoms in total. The van der Waals surface area contributed by atoms with Crippen molar-refractivity contribution in [2.75, 3.05) is 45.9 Å². The molecule has 0 aliphatic carbocycles. The van der Waals surface area contributed by atoms with Crippen molar-refractivity contribution in [1.82, 2.24) is 24.3 Å². The van der Waals surface area contributed by atoms with Crippen LogP contribution in [0.5, 0.6) is 0 Å². The van der Waals surface area contributed by atoms with Crippen molar-refractivity contribution in [2.24, 2.45) is 0 Å². The lowest BCUT2D eigenvalue weighted by Crippen LogP contribution is -2.47. The molecule has 7 heteroatoms. The fraction of sp³-hybridized carbons (Fsp3) is 0.550. The van der Waals surface area contributed by atoms with E-state index in [0.717, 1.165) is 70.2 Å². The summed E-state index contributed by atoms with van der Waals surface area (Å²) < 4.78 is 7.56. The molecule has 4 rings (SSSR count). The number of hydrogen-bond acceptors (Lipinski definition) is 5. The number of pyridine rings is 1. The lowest BCUT2D eigenvalue weighted by Gasteiger charge is -2.35. The first-order chi connectivity index (χ1) is 13.3. The Kier molecular flexibility index (Phi) is 5.79. The van der Waals surface area contributed by atoms with E-state index in [-0.39, 0.29) is 5.91 Å². The van der Waals surface area contributed by atoms with Crippen molar-refractivity contribution >= 4 is 5.91 Å². The molecule has 2 saturated heterocycles. The molecule has 0 spiro atoms. The molecule has 144 valence electrons. The highest BCUT2D eigenvalue weighted by molar-refractivity contribution is 5.78. The van der Waals surface area contributed by atoms with Crippen LogP contribution in [-0.4, -0.2) is 76.2 Å². The Morgan fingerprint density at radius 2 is 2.11 bits per heavy atom. The standard InChI is InChI=1S/C20H27N5O2/c26-19(16-23-9-11-27-12-10-23)24-7-2-4-18(15-24)20-22-6-8-25(20)14-17-3-1-5-21-13-17/h1,3,5-6,8,13,18H,2,4,7,9-12,14-16H2.